The summed E-state index contributed by atoms with van der Waals surface area (Å²) in [4.78, 5) is 37.0. The Bertz CT molecular complexity index is 949. The number of ether oxygens (including phenoxy) is 1. The fourth-order valence-electron chi connectivity index (χ4n) is 3.92. The van der Waals surface area contributed by atoms with Crippen molar-refractivity contribution in [1.29, 1.82) is 0 Å². The molecule has 7 heteroatoms. The van der Waals surface area contributed by atoms with E-state index in [4.69, 9.17) is 4.74 Å². The van der Waals surface area contributed by atoms with Crippen molar-refractivity contribution in [3.05, 3.63) is 40.3 Å². The second-order valence-electron chi connectivity index (χ2n) is 7.49. The third-order valence-electron chi connectivity index (χ3n) is 5.52. The lowest BCUT2D eigenvalue weighted by Crippen LogP contribution is -2.36. The number of anilines is 1. The SMILES string of the molecule is COC(=O)c1c(-c2cc(C)ccc2C)csc1NC(=O)[C@@H]1CCCC[C@H]1C(=O)O. The second kappa shape index (κ2) is 8.78. The van der Waals surface area contributed by atoms with E-state index in [9.17, 15) is 19.5 Å². The molecule has 0 radical (unpaired) electrons. The van der Waals surface area contributed by atoms with E-state index in [0.29, 0.717) is 29.0 Å². The standard InChI is InChI=1S/C22H25NO5S/c1-12-8-9-13(2)16(10-12)17-11-29-20(18(17)22(27)28-3)23-19(24)14-6-4-5-7-15(14)21(25)26/h8-11,14-15H,4-7H2,1-3H3,(H,23,24)(H,25,26)/t14-,15-/m1/s1. The molecule has 29 heavy (non-hydrogen) atoms. The van der Waals surface area contributed by atoms with Crippen LogP contribution in [0.4, 0.5) is 5.00 Å². The van der Waals surface area contributed by atoms with Crippen LogP contribution in [0.2, 0.25) is 0 Å². The van der Waals surface area contributed by atoms with E-state index in [1.165, 1.54) is 18.4 Å². The molecule has 1 aromatic carbocycles. The van der Waals surface area contributed by atoms with Crippen molar-refractivity contribution < 1.29 is 24.2 Å². The van der Waals surface area contributed by atoms with Crippen molar-refractivity contribution in [3.8, 4) is 11.1 Å². The van der Waals surface area contributed by atoms with Crippen LogP contribution in [0.5, 0.6) is 0 Å². The maximum Gasteiger partial charge on any atom is 0.341 e. The fraction of sp³-hybridized carbons (Fsp3) is 0.409. The van der Waals surface area contributed by atoms with Crippen LogP contribution >= 0.6 is 11.3 Å². The minimum Gasteiger partial charge on any atom is -0.481 e. The molecule has 0 bridgehead atoms. The smallest absolute Gasteiger partial charge is 0.341 e. The average Bonchev–Trinajstić information content (AvgIpc) is 3.12. The number of aryl methyl sites for hydroxylation is 2. The summed E-state index contributed by atoms with van der Waals surface area (Å²) in [5, 5.41) is 14.5. The Labute approximate surface area is 173 Å². The highest BCUT2D eigenvalue weighted by Crippen LogP contribution is 2.39. The van der Waals surface area contributed by atoms with Gasteiger partial charge in [0.15, 0.2) is 0 Å². The molecule has 1 heterocycles. The third kappa shape index (κ3) is 4.34. The Hall–Kier alpha value is -2.67. The minimum absolute atomic E-state index is 0.308. The summed E-state index contributed by atoms with van der Waals surface area (Å²) in [6.07, 6.45) is 2.66. The molecular weight excluding hydrogens is 390 g/mol. The van der Waals surface area contributed by atoms with Gasteiger partial charge in [0.1, 0.15) is 10.6 Å². The zero-order chi connectivity index (χ0) is 21.1. The largest absolute Gasteiger partial charge is 0.481 e. The van der Waals surface area contributed by atoms with Crippen LogP contribution in [0, 0.1) is 25.7 Å². The summed E-state index contributed by atoms with van der Waals surface area (Å²) in [5.41, 5.74) is 3.99. The summed E-state index contributed by atoms with van der Waals surface area (Å²) >= 11 is 1.25. The molecule has 1 amide bonds. The average molecular weight is 416 g/mol. The normalized spacial score (nSPS) is 18.9. The lowest BCUT2D eigenvalue weighted by molar-refractivity contribution is -0.147. The number of benzene rings is 1. The lowest BCUT2D eigenvalue weighted by atomic mass is 9.78. The van der Waals surface area contributed by atoms with Crippen LogP contribution in [-0.2, 0) is 14.3 Å². The van der Waals surface area contributed by atoms with Gasteiger partial charge in [-0.15, -0.1) is 11.3 Å². The monoisotopic (exact) mass is 415 g/mol. The van der Waals surface area contributed by atoms with Crippen molar-refractivity contribution in [1.82, 2.24) is 0 Å². The van der Waals surface area contributed by atoms with Crippen LogP contribution < -0.4 is 5.32 Å². The van der Waals surface area contributed by atoms with Gasteiger partial charge in [-0.25, -0.2) is 4.79 Å². The van der Waals surface area contributed by atoms with Crippen molar-refractivity contribution in [2.45, 2.75) is 39.5 Å². The van der Waals surface area contributed by atoms with Gasteiger partial charge in [0.05, 0.1) is 18.9 Å². The van der Waals surface area contributed by atoms with Gasteiger partial charge in [0, 0.05) is 10.9 Å². The Kier molecular flexibility index (Phi) is 6.37. The summed E-state index contributed by atoms with van der Waals surface area (Å²) in [6, 6.07) is 5.99. The van der Waals surface area contributed by atoms with Crippen molar-refractivity contribution >= 4 is 34.2 Å². The quantitative estimate of drug-likeness (QED) is 0.694. The maximum atomic E-state index is 12.9. The molecule has 1 saturated carbocycles. The van der Waals surface area contributed by atoms with Gasteiger partial charge in [0.2, 0.25) is 5.91 Å². The van der Waals surface area contributed by atoms with Gasteiger partial charge >= 0.3 is 11.9 Å². The first-order chi connectivity index (χ1) is 13.8. The van der Waals surface area contributed by atoms with E-state index in [1.54, 1.807) is 0 Å². The summed E-state index contributed by atoms with van der Waals surface area (Å²) in [5.74, 6) is -3.12. The van der Waals surface area contributed by atoms with Crippen LogP contribution in [-0.4, -0.2) is 30.1 Å². The van der Waals surface area contributed by atoms with Gasteiger partial charge in [-0.2, -0.15) is 0 Å². The number of carboxylic acid groups (broad SMARTS) is 1. The van der Waals surface area contributed by atoms with Crippen LogP contribution in [0.25, 0.3) is 11.1 Å². The van der Waals surface area contributed by atoms with Gasteiger partial charge in [-0.1, -0.05) is 36.6 Å². The molecule has 154 valence electrons. The number of hydrogen-bond acceptors (Lipinski definition) is 5. The third-order valence-corrected chi connectivity index (χ3v) is 6.42. The van der Waals surface area contributed by atoms with E-state index in [0.717, 1.165) is 29.5 Å². The molecule has 1 aliphatic carbocycles. The first kappa shape index (κ1) is 21.0. The highest BCUT2D eigenvalue weighted by Gasteiger charge is 2.36. The number of methoxy groups -OCH3 is 1. The maximum absolute atomic E-state index is 12.9. The Morgan fingerprint density at radius 3 is 2.45 bits per heavy atom. The Morgan fingerprint density at radius 2 is 1.79 bits per heavy atom. The highest BCUT2D eigenvalue weighted by molar-refractivity contribution is 7.15. The molecule has 0 saturated heterocycles. The summed E-state index contributed by atoms with van der Waals surface area (Å²) < 4.78 is 4.98. The number of amides is 1. The second-order valence-corrected chi connectivity index (χ2v) is 8.37. The number of rotatable bonds is 5. The molecule has 6 nitrogen and oxygen atoms in total. The molecule has 2 N–H and O–H groups in total. The summed E-state index contributed by atoms with van der Waals surface area (Å²) in [7, 11) is 1.31. The molecule has 0 unspecified atom stereocenters. The number of esters is 1. The number of aliphatic carboxylic acids is 1. The van der Waals surface area contributed by atoms with Crippen molar-refractivity contribution in [3.63, 3.8) is 0 Å². The van der Waals surface area contributed by atoms with Crippen LogP contribution in [0.3, 0.4) is 0 Å². The molecule has 1 aliphatic rings. The van der Waals surface area contributed by atoms with Gasteiger partial charge in [0.25, 0.3) is 0 Å². The minimum atomic E-state index is -0.944. The predicted octanol–water partition coefficient (Wildman–Crippen LogP) is 4.65. The molecule has 1 fully saturated rings. The van der Waals surface area contributed by atoms with E-state index in [2.05, 4.69) is 5.32 Å². The number of carbonyl (C=O) groups is 3. The molecule has 3 rings (SSSR count). The van der Waals surface area contributed by atoms with Gasteiger partial charge in [-0.05, 0) is 37.8 Å². The topological polar surface area (TPSA) is 92.7 Å². The molecule has 0 aliphatic heterocycles. The number of carboxylic acids is 1. The fourth-order valence-corrected chi connectivity index (χ4v) is 4.87. The first-order valence-electron chi connectivity index (χ1n) is 9.64. The van der Waals surface area contributed by atoms with Crippen LogP contribution in [0.15, 0.2) is 23.6 Å². The Balaban J connectivity index is 1.97. The number of thiophene rings is 1. The van der Waals surface area contributed by atoms with Crippen LogP contribution in [0.1, 0.15) is 47.2 Å². The van der Waals surface area contributed by atoms with Gasteiger partial charge < -0.3 is 15.2 Å². The molecule has 2 atom stereocenters. The lowest BCUT2D eigenvalue weighted by Gasteiger charge is -2.27. The highest BCUT2D eigenvalue weighted by atomic mass is 32.1. The van der Waals surface area contributed by atoms with E-state index in [-0.39, 0.29) is 5.91 Å². The molecule has 0 spiro atoms. The summed E-state index contributed by atoms with van der Waals surface area (Å²) in [6.45, 7) is 3.94. The Morgan fingerprint density at radius 1 is 1.10 bits per heavy atom. The molecular formula is C22H25NO5S. The van der Waals surface area contributed by atoms with E-state index >= 15 is 0 Å². The predicted molar refractivity (Wildman–Crippen MR) is 112 cm³/mol. The number of carbonyl (C=O) groups excluding carboxylic acids is 2. The van der Waals surface area contributed by atoms with Gasteiger partial charge in [-0.3, -0.25) is 9.59 Å². The molecule has 2 aromatic rings. The van der Waals surface area contributed by atoms with Crippen molar-refractivity contribution in [2.24, 2.45) is 11.8 Å². The van der Waals surface area contributed by atoms with E-state index < -0.39 is 23.8 Å². The molecule has 1 aromatic heterocycles. The number of nitrogens with one attached hydrogen (secondary N) is 1. The number of hydrogen-bond donors (Lipinski definition) is 2. The zero-order valence-electron chi connectivity index (χ0n) is 16.8. The zero-order valence-corrected chi connectivity index (χ0v) is 17.6. The van der Waals surface area contributed by atoms with E-state index in [1.807, 2.05) is 37.4 Å². The van der Waals surface area contributed by atoms with Crippen molar-refractivity contribution in [2.75, 3.05) is 12.4 Å². The first-order valence-corrected chi connectivity index (χ1v) is 10.5.